The molecule has 0 aliphatic carbocycles. The van der Waals surface area contributed by atoms with Gasteiger partial charge in [0.2, 0.25) is 10.0 Å². The maximum absolute atomic E-state index is 12.3. The minimum Gasteiger partial charge on any atom is -0.495 e. The number of likely N-dealkylation sites (N-methyl/N-ethyl adjacent to an activating group) is 1. The third kappa shape index (κ3) is 4.19. The molecule has 2 N–H and O–H groups in total. The Morgan fingerprint density at radius 1 is 1.21 bits per heavy atom. The normalized spacial score (nSPS) is 11.6. The zero-order valence-corrected chi connectivity index (χ0v) is 12.7. The van der Waals surface area contributed by atoms with Gasteiger partial charge in [-0.1, -0.05) is 13.0 Å². The molecule has 6 heteroatoms. The average molecular weight is 286 g/mol. The maximum atomic E-state index is 12.3. The smallest absolute Gasteiger partial charge is 0.244 e. The molecular weight excluding hydrogens is 264 g/mol. The number of sulfonamides is 1. The van der Waals surface area contributed by atoms with Gasteiger partial charge >= 0.3 is 0 Å². The lowest BCUT2D eigenvalue weighted by Gasteiger charge is -2.14. The summed E-state index contributed by atoms with van der Waals surface area (Å²) in [4.78, 5) is 0.220. The highest BCUT2D eigenvalue weighted by Gasteiger charge is 2.21. The second-order valence-electron chi connectivity index (χ2n) is 4.36. The van der Waals surface area contributed by atoms with Crippen molar-refractivity contribution in [1.29, 1.82) is 0 Å². The van der Waals surface area contributed by atoms with Crippen LogP contribution in [0.25, 0.3) is 0 Å². The van der Waals surface area contributed by atoms with Crippen LogP contribution in [-0.2, 0) is 10.0 Å². The van der Waals surface area contributed by atoms with Crippen molar-refractivity contribution >= 4 is 10.0 Å². The molecule has 0 saturated heterocycles. The van der Waals surface area contributed by atoms with Crippen molar-refractivity contribution in [3.05, 3.63) is 23.3 Å². The second kappa shape index (κ2) is 6.88. The highest BCUT2D eigenvalue weighted by molar-refractivity contribution is 7.89. The molecule has 108 valence electrons. The lowest BCUT2D eigenvalue weighted by molar-refractivity contribution is 0.401. The maximum Gasteiger partial charge on any atom is 0.244 e. The van der Waals surface area contributed by atoms with Gasteiger partial charge in [0.05, 0.1) is 7.11 Å². The number of ether oxygens (including phenoxy) is 1. The van der Waals surface area contributed by atoms with E-state index in [-0.39, 0.29) is 4.90 Å². The number of methoxy groups -OCH3 is 1. The van der Waals surface area contributed by atoms with Crippen LogP contribution in [-0.4, -0.2) is 35.2 Å². The molecule has 0 saturated carbocycles. The highest BCUT2D eigenvalue weighted by Crippen LogP contribution is 2.28. The van der Waals surface area contributed by atoms with Crippen LogP contribution in [0, 0.1) is 13.8 Å². The first-order chi connectivity index (χ1) is 8.92. The van der Waals surface area contributed by atoms with E-state index in [4.69, 9.17) is 4.74 Å². The van der Waals surface area contributed by atoms with Crippen molar-refractivity contribution in [2.75, 3.05) is 26.7 Å². The molecule has 1 aromatic carbocycles. The van der Waals surface area contributed by atoms with Gasteiger partial charge in [-0.2, -0.15) is 0 Å². The van der Waals surface area contributed by atoms with Crippen LogP contribution < -0.4 is 14.8 Å². The summed E-state index contributed by atoms with van der Waals surface area (Å²) in [5, 5.41) is 3.07. The summed E-state index contributed by atoms with van der Waals surface area (Å²) in [5.74, 6) is 0.383. The molecular formula is C13H22N2O3S. The molecule has 1 rings (SSSR count). The Bertz CT molecular complexity index is 527. The third-order valence-electron chi connectivity index (χ3n) is 2.72. The molecule has 0 radical (unpaired) electrons. The van der Waals surface area contributed by atoms with Crippen molar-refractivity contribution in [3.8, 4) is 5.75 Å². The molecule has 0 unspecified atom stereocenters. The van der Waals surface area contributed by atoms with E-state index in [1.165, 1.54) is 7.11 Å². The van der Waals surface area contributed by atoms with E-state index in [0.717, 1.165) is 12.1 Å². The fourth-order valence-corrected chi connectivity index (χ4v) is 3.34. The van der Waals surface area contributed by atoms with Crippen LogP contribution >= 0.6 is 0 Å². The Hall–Kier alpha value is -1.11. The molecule has 19 heavy (non-hydrogen) atoms. The lowest BCUT2D eigenvalue weighted by Crippen LogP contribution is -2.32. The Morgan fingerprint density at radius 2 is 1.89 bits per heavy atom. The molecule has 0 fully saturated rings. The van der Waals surface area contributed by atoms with E-state index >= 15 is 0 Å². The molecule has 0 aliphatic rings. The van der Waals surface area contributed by atoms with Gasteiger partial charge in [-0.05, 0) is 37.6 Å². The minimum absolute atomic E-state index is 0.220. The fourth-order valence-electron chi connectivity index (χ4n) is 1.93. The van der Waals surface area contributed by atoms with Crippen molar-refractivity contribution in [2.24, 2.45) is 0 Å². The zero-order chi connectivity index (χ0) is 14.5. The van der Waals surface area contributed by atoms with Crippen molar-refractivity contribution in [1.82, 2.24) is 10.0 Å². The summed E-state index contributed by atoms with van der Waals surface area (Å²) >= 11 is 0. The third-order valence-corrected chi connectivity index (χ3v) is 4.36. The SMILES string of the molecule is CCNCCNS(=O)(=O)c1c(C)cc(C)cc1OC. The molecule has 1 aromatic rings. The predicted molar refractivity (Wildman–Crippen MR) is 76.2 cm³/mol. The van der Waals surface area contributed by atoms with E-state index in [2.05, 4.69) is 10.0 Å². The predicted octanol–water partition coefficient (Wildman–Crippen LogP) is 1.20. The number of nitrogens with one attached hydrogen (secondary N) is 2. The summed E-state index contributed by atoms with van der Waals surface area (Å²) in [6.07, 6.45) is 0. The average Bonchev–Trinajstić information content (AvgIpc) is 2.33. The van der Waals surface area contributed by atoms with Crippen LogP contribution in [0.5, 0.6) is 5.75 Å². The zero-order valence-electron chi connectivity index (χ0n) is 11.9. The number of hydrogen-bond acceptors (Lipinski definition) is 4. The Labute approximate surface area is 115 Å². The first kappa shape index (κ1) is 15.9. The van der Waals surface area contributed by atoms with Crippen LogP contribution in [0.15, 0.2) is 17.0 Å². The van der Waals surface area contributed by atoms with E-state index < -0.39 is 10.0 Å². The van der Waals surface area contributed by atoms with Crippen LogP contribution in [0.4, 0.5) is 0 Å². The van der Waals surface area contributed by atoms with Crippen molar-refractivity contribution in [3.63, 3.8) is 0 Å². The van der Waals surface area contributed by atoms with Crippen LogP contribution in [0.3, 0.4) is 0 Å². The number of hydrogen-bond donors (Lipinski definition) is 2. The number of rotatable bonds is 7. The summed E-state index contributed by atoms with van der Waals surface area (Å²) in [5.41, 5.74) is 1.66. The molecule has 0 spiro atoms. The van der Waals surface area contributed by atoms with Crippen molar-refractivity contribution in [2.45, 2.75) is 25.7 Å². The van der Waals surface area contributed by atoms with Gasteiger partial charge in [0.25, 0.3) is 0 Å². The highest BCUT2D eigenvalue weighted by atomic mass is 32.2. The fraction of sp³-hybridized carbons (Fsp3) is 0.538. The molecule has 0 amide bonds. The van der Waals surface area contributed by atoms with Gasteiger partial charge in [-0.3, -0.25) is 0 Å². The lowest BCUT2D eigenvalue weighted by atomic mass is 10.1. The molecule has 5 nitrogen and oxygen atoms in total. The van der Waals surface area contributed by atoms with Crippen LogP contribution in [0.1, 0.15) is 18.1 Å². The van der Waals surface area contributed by atoms with Crippen LogP contribution in [0.2, 0.25) is 0 Å². The molecule has 0 bridgehead atoms. The molecule has 0 heterocycles. The Kier molecular flexibility index (Phi) is 5.78. The van der Waals surface area contributed by atoms with Crippen molar-refractivity contribution < 1.29 is 13.2 Å². The largest absolute Gasteiger partial charge is 0.495 e. The quantitative estimate of drug-likeness (QED) is 0.739. The van der Waals surface area contributed by atoms with Gasteiger partial charge < -0.3 is 10.1 Å². The molecule has 0 atom stereocenters. The second-order valence-corrected chi connectivity index (χ2v) is 6.07. The Morgan fingerprint density at radius 3 is 2.47 bits per heavy atom. The van der Waals surface area contributed by atoms with Gasteiger partial charge in [-0.15, -0.1) is 0 Å². The van der Waals surface area contributed by atoms with E-state index in [1.807, 2.05) is 19.9 Å². The van der Waals surface area contributed by atoms with Gasteiger partial charge in [-0.25, -0.2) is 13.1 Å². The first-order valence-corrected chi connectivity index (χ1v) is 7.76. The Balaban J connectivity index is 3.00. The minimum atomic E-state index is -3.55. The summed E-state index contributed by atoms with van der Waals surface area (Å²) in [6.45, 7) is 7.42. The van der Waals surface area contributed by atoms with Gasteiger partial charge in [0.1, 0.15) is 10.6 Å². The van der Waals surface area contributed by atoms with E-state index in [9.17, 15) is 8.42 Å². The van der Waals surface area contributed by atoms with E-state index in [0.29, 0.717) is 24.4 Å². The van der Waals surface area contributed by atoms with Gasteiger partial charge in [0, 0.05) is 13.1 Å². The topological polar surface area (TPSA) is 67.4 Å². The number of aryl methyl sites for hydroxylation is 2. The standard InChI is InChI=1S/C13H22N2O3S/c1-5-14-6-7-15-19(16,17)13-11(3)8-10(2)9-12(13)18-4/h8-9,14-15H,5-7H2,1-4H3. The molecule has 0 aliphatic heterocycles. The molecule has 0 aromatic heterocycles. The summed E-state index contributed by atoms with van der Waals surface area (Å²) < 4.78 is 32.3. The number of benzene rings is 1. The van der Waals surface area contributed by atoms with E-state index in [1.54, 1.807) is 13.0 Å². The first-order valence-electron chi connectivity index (χ1n) is 6.28. The monoisotopic (exact) mass is 286 g/mol. The summed E-state index contributed by atoms with van der Waals surface area (Å²) in [6, 6.07) is 3.56. The summed E-state index contributed by atoms with van der Waals surface area (Å²) in [7, 11) is -2.07. The van der Waals surface area contributed by atoms with Gasteiger partial charge in [0.15, 0.2) is 0 Å².